The molecule has 1 aromatic heterocycles. The van der Waals surface area contributed by atoms with Crippen molar-refractivity contribution in [2.75, 3.05) is 13.2 Å². The van der Waals surface area contributed by atoms with Crippen molar-refractivity contribution in [3.63, 3.8) is 0 Å². The predicted octanol–water partition coefficient (Wildman–Crippen LogP) is 2.65. The molecule has 1 aliphatic carbocycles. The van der Waals surface area contributed by atoms with Crippen molar-refractivity contribution in [3.8, 4) is 11.8 Å². The molecule has 1 heterocycles. The maximum Gasteiger partial charge on any atom is 0.406 e. The Kier molecular flexibility index (Phi) is 4.91. The molecule has 0 aliphatic heterocycles. The van der Waals surface area contributed by atoms with Gasteiger partial charge in [0.25, 0.3) is 5.91 Å². The van der Waals surface area contributed by atoms with E-state index in [4.69, 9.17) is 5.11 Å². The number of thiophene rings is 1. The van der Waals surface area contributed by atoms with Gasteiger partial charge in [-0.2, -0.15) is 13.2 Å². The Hall–Kier alpha value is -1.52. The lowest BCUT2D eigenvalue weighted by atomic mass is 10.2. The second-order valence-corrected chi connectivity index (χ2v) is 5.67. The maximum atomic E-state index is 12.5. The number of aliphatic hydroxyl groups is 1. The van der Waals surface area contributed by atoms with E-state index >= 15 is 0 Å². The number of halogens is 3. The van der Waals surface area contributed by atoms with Gasteiger partial charge >= 0.3 is 6.18 Å². The lowest BCUT2D eigenvalue weighted by molar-refractivity contribution is -0.141. The van der Waals surface area contributed by atoms with Gasteiger partial charge in [-0.1, -0.05) is 11.8 Å². The Morgan fingerprint density at radius 1 is 1.48 bits per heavy atom. The smallest absolute Gasteiger partial charge is 0.395 e. The third-order valence-corrected chi connectivity index (χ3v) is 3.74. The summed E-state index contributed by atoms with van der Waals surface area (Å²) in [4.78, 5) is 13.7. The average molecular weight is 317 g/mol. The number of aliphatic hydroxyl groups excluding tert-OH is 1. The number of rotatable bonds is 4. The van der Waals surface area contributed by atoms with Gasteiger partial charge in [0.15, 0.2) is 0 Å². The predicted molar refractivity (Wildman–Crippen MR) is 73.0 cm³/mol. The highest BCUT2D eigenvalue weighted by molar-refractivity contribution is 7.10. The highest BCUT2D eigenvalue weighted by Gasteiger charge is 2.41. The lowest BCUT2D eigenvalue weighted by Crippen LogP contribution is -2.40. The quantitative estimate of drug-likeness (QED) is 0.867. The first-order chi connectivity index (χ1) is 9.90. The minimum Gasteiger partial charge on any atom is -0.395 e. The number of alkyl halides is 3. The monoisotopic (exact) mass is 317 g/mol. The molecule has 3 nitrogen and oxygen atoms in total. The van der Waals surface area contributed by atoms with Crippen LogP contribution in [0.4, 0.5) is 13.2 Å². The van der Waals surface area contributed by atoms with Gasteiger partial charge < -0.3 is 10.0 Å². The molecule has 0 unspecified atom stereocenters. The van der Waals surface area contributed by atoms with Crippen LogP contribution in [0.5, 0.6) is 0 Å². The number of carbonyl (C=O) groups excluding carboxylic acids is 1. The Balaban J connectivity index is 2.09. The Bertz CT molecular complexity index is 567. The normalized spacial score (nSPS) is 14.5. The van der Waals surface area contributed by atoms with E-state index in [0.29, 0.717) is 24.1 Å². The highest BCUT2D eigenvalue weighted by atomic mass is 32.1. The van der Waals surface area contributed by atoms with Crippen molar-refractivity contribution in [3.05, 3.63) is 21.9 Å². The molecule has 114 valence electrons. The number of carbonyl (C=O) groups is 1. The van der Waals surface area contributed by atoms with Crippen molar-refractivity contribution < 1.29 is 23.1 Å². The van der Waals surface area contributed by atoms with Crippen LogP contribution in [0, 0.1) is 11.8 Å². The van der Waals surface area contributed by atoms with Gasteiger partial charge in [0, 0.05) is 17.8 Å². The fourth-order valence-electron chi connectivity index (χ4n) is 1.83. The second-order valence-electron chi connectivity index (χ2n) is 4.75. The molecule has 1 amide bonds. The molecule has 2 rings (SSSR count). The fraction of sp³-hybridized carbons (Fsp3) is 0.500. The standard InChI is InChI=1S/C14H14F3NO2S/c15-14(16,17)9-18(11-4-5-11)13(20)10-7-12(21-8-10)3-1-2-6-19/h7-8,11,19H,2,4-6,9H2. The highest BCUT2D eigenvalue weighted by Crippen LogP contribution is 2.32. The first kappa shape index (κ1) is 15.9. The molecule has 1 aromatic rings. The summed E-state index contributed by atoms with van der Waals surface area (Å²) in [6.07, 6.45) is -2.83. The van der Waals surface area contributed by atoms with Gasteiger partial charge in [0.2, 0.25) is 0 Å². The van der Waals surface area contributed by atoms with Gasteiger partial charge in [-0.25, -0.2) is 0 Å². The van der Waals surface area contributed by atoms with Crippen molar-refractivity contribution in [1.82, 2.24) is 4.90 Å². The van der Waals surface area contributed by atoms with Crippen LogP contribution in [-0.2, 0) is 0 Å². The number of amides is 1. The molecule has 0 radical (unpaired) electrons. The number of hydrogen-bond acceptors (Lipinski definition) is 3. The maximum absolute atomic E-state index is 12.5. The molecular formula is C14H14F3NO2S. The summed E-state index contributed by atoms with van der Waals surface area (Å²) in [5.41, 5.74) is 0.240. The zero-order valence-electron chi connectivity index (χ0n) is 11.1. The summed E-state index contributed by atoms with van der Waals surface area (Å²) < 4.78 is 37.6. The fourth-order valence-corrected chi connectivity index (χ4v) is 2.58. The largest absolute Gasteiger partial charge is 0.406 e. The molecule has 1 saturated carbocycles. The van der Waals surface area contributed by atoms with E-state index in [1.807, 2.05) is 0 Å². The van der Waals surface area contributed by atoms with Crippen LogP contribution < -0.4 is 0 Å². The molecule has 0 bridgehead atoms. The van der Waals surface area contributed by atoms with Gasteiger partial charge in [0.1, 0.15) is 6.54 Å². The van der Waals surface area contributed by atoms with Gasteiger partial charge in [-0.15, -0.1) is 11.3 Å². The minimum atomic E-state index is -4.39. The molecule has 1 aliphatic rings. The van der Waals surface area contributed by atoms with Crippen LogP contribution >= 0.6 is 11.3 Å². The zero-order chi connectivity index (χ0) is 15.5. The van der Waals surface area contributed by atoms with Gasteiger partial charge in [-0.3, -0.25) is 4.79 Å². The van der Waals surface area contributed by atoms with Crippen LogP contribution in [-0.4, -0.2) is 41.3 Å². The van der Waals surface area contributed by atoms with E-state index in [1.165, 1.54) is 22.8 Å². The zero-order valence-corrected chi connectivity index (χ0v) is 11.9. The summed E-state index contributed by atoms with van der Waals surface area (Å²) >= 11 is 1.21. The number of hydrogen-bond donors (Lipinski definition) is 1. The first-order valence-electron chi connectivity index (χ1n) is 6.46. The molecule has 0 atom stereocenters. The molecule has 0 aromatic carbocycles. The summed E-state index contributed by atoms with van der Waals surface area (Å²) in [5.74, 6) is 4.88. The van der Waals surface area contributed by atoms with Crippen LogP contribution in [0.15, 0.2) is 11.4 Å². The average Bonchev–Trinajstić information content (AvgIpc) is 3.14. The van der Waals surface area contributed by atoms with Crippen molar-refractivity contribution in [1.29, 1.82) is 0 Å². The van der Waals surface area contributed by atoms with Gasteiger partial charge in [-0.05, 0) is 18.9 Å². The molecule has 0 spiro atoms. The van der Waals surface area contributed by atoms with E-state index < -0.39 is 18.6 Å². The van der Waals surface area contributed by atoms with E-state index in [0.717, 1.165) is 4.90 Å². The Morgan fingerprint density at radius 3 is 2.76 bits per heavy atom. The second kappa shape index (κ2) is 6.50. The molecule has 1 N–H and O–H groups in total. The van der Waals surface area contributed by atoms with Crippen LogP contribution in [0.2, 0.25) is 0 Å². The van der Waals surface area contributed by atoms with Crippen molar-refractivity contribution >= 4 is 17.2 Å². The third kappa shape index (κ3) is 4.76. The molecule has 0 saturated heterocycles. The molecule has 7 heteroatoms. The van der Waals surface area contributed by atoms with E-state index in [1.54, 1.807) is 0 Å². The molecule has 21 heavy (non-hydrogen) atoms. The Morgan fingerprint density at radius 2 is 2.19 bits per heavy atom. The SMILES string of the molecule is O=C(c1csc(C#CCCO)c1)N(CC(F)(F)F)C1CC1. The third-order valence-electron chi connectivity index (χ3n) is 2.89. The molecule has 1 fully saturated rings. The summed E-state index contributed by atoms with van der Waals surface area (Å²) in [7, 11) is 0. The van der Waals surface area contributed by atoms with E-state index in [2.05, 4.69) is 11.8 Å². The van der Waals surface area contributed by atoms with Crippen molar-refractivity contribution in [2.24, 2.45) is 0 Å². The topological polar surface area (TPSA) is 40.5 Å². The van der Waals surface area contributed by atoms with Crippen molar-refractivity contribution in [2.45, 2.75) is 31.5 Å². The minimum absolute atomic E-state index is 0.0504. The first-order valence-corrected chi connectivity index (χ1v) is 7.34. The number of nitrogens with zero attached hydrogens (tertiary/aromatic N) is 1. The van der Waals surface area contributed by atoms with Crippen LogP contribution in [0.25, 0.3) is 0 Å². The van der Waals surface area contributed by atoms with Crippen LogP contribution in [0.3, 0.4) is 0 Å². The lowest BCUT2D eigenvalue weighted by Gasteiger charge is -2.23. The summed E-state index contributed by atoms with van der Waals surface area (Å²) in [6.45, 7) is -1.26. The van der Waals surface area contributed by atoms with Crippen LogP contribution in [0.1, 0.15) is 34.5 Å². The Labute approximate surface area is 124 Å². The van der Waals surface area contributed by atoms with E-state index in [-0.39, 0.29) is 18.2 Å². The summed E-state index contributed by atoms with van der Waals surface area (Å²) in [6, 6.07) is 1.20. The van der Waals surface area contributed by atoms with Gasteiger partial charge in [0.05, 0.1) is 17.0 Å². The van der Waals surface area contributed by atoms with E-state index in [9.17, 15) is 18.0 Å². The molecular weight excluding hydrogens is 303 g/mol. The summed E-state index contributed by atoms with van der Waals surface area (Å²) in [5, 5.41) is 10.1.